The van der Waals surface area contributed by atoms with Gasteiger partial charge in [0, 0.05) is 17.8 Å². The number of amides is 2. The number of anilines is 2. The van der Waals surface area contributed by atoms with Gasteiger partial charge in [0.1, 0.15) is 0 Å². The van der Waals surface area contributed by atoms with Crippen LogP contribution in [0, 0.1) is 0 Å². The molecular weight excluding hydrogens is 276 g/mol. The average Bonchev–Trinajstić information content (AvgIpc) is 2.86. The summed E-state index contributed by atoms with van der Waals surface area (Å²) in [6.07, 6.45) is 2.30. The van der Waals surface area contributed by atoms with Gasteiger partial charge in [-0.15, -0.1) is 0 Å². The maximum Gasteiger partial charge on any atom is 0.255 e. The van der Waals surface area contributed by atoms with Crippen LogP contribution in [0.4, 0.5) is 11.4 Å². The summed E-state index contributed by atoms with van der Waals surface area (Å²) in [6.45, 7) is 0.800. The largest absolute Gasteiger partial charge is 0.322 e. The maximum absolute atomic E-state index is 12.5. The van der Waals surface area contributed by atoms with E-state index in [9.17, 15) is 9.59 Å². The Kier molecular flexibility index (Phi) is 2.96. The van der Waals surface area contributed by atoms with Crippen LogP contribution in [0.5, 0.6) is 0 Å². The predicted octanol–water partition coefficient (Wildman–Crippen LogP) is 2.77. The SMILES string of the molecule is O=C(Nc1ccccc1)c1cc2c3c(c1)CC(=O)N3CCC2. The minimum Gasteiger partial charge on any atom is -0.322 e. The van der Waals surface area contributed by atoms with E-state index in [4.69, 9.17) is 0 Å². The Labute approximate surface area is 128 Å². The highest BCUT2D eigenvalue weighted by atomic mass is 16.2. The zero-order valence-corrected chi connectivity index (χ0v) is 12.1. The normalized spacial score (nSPS) is 15.6. The Morgan fingerprint density at radius 1 is 1.09 bits per heavy atom. The van der Waals surface area contributed by atoms with Crippen molar-refractivity contribution in [2.24, 2.45) is 0 Å². The fraction of sp³-hybridized carbons (Fsp3) is 0.222. The number of rotatable bonds is 2. The van der Waals surface area contributed by atoms with Gasteiger partial charge in [-0.1, -0.05) is 18.2 Å². The van der Waals surface area contributed by atoms with Gasteiger partial charge in [0.2, 0.25) is 5.91 Å². The van der Waals surface area contributed by atoms with Gasteiger partial charge in [0.15, 0.2) is 0 Å². The van der Waals surface area contributed by atoms with E-state index >= 15 is 0 Å². The number of carbonyl (C=O) groups excluding carboxylic acids is 2. The van der Waals surface area contributed by atoms with Crippen LogP contribution in [0.3, 0.4) is 0 Å². The molecule has 2 amide bonds. The van der Waals surface area contributed by atoms with Crippen molar-refractivity contribution < 1.29 is 9.59 Å². The number of hydrogen-bond donors (Lipinski definition) is 1. The highest BCUT2D eigenvalue weighted by molar-refractivity contribution is 6.08. The topological polar surface area (TPSA) is 49.4 Å². The second-order valence-corrected chi connectivity index (χ2v) is 5.79. The Morgan fingerprint density at radius 2 is 1.86 bits per heavy atom. The molecule has 4 heteroatoms. The second-order valence-electron chi connectivity index (χ2n) is 5.79. The first kappa shape index (κ1) is 13.1. The van der Waals surface area contributed by atoms with Gasteiger partial charge >= 0.3 is 0 Å². The van der Waals surface area contributed by atoms with Crippen molar-refractivity contribution in [1.82, 2.24) is 0 Å². The molecule has 2 aliphatic heterocycles. The molecule has 0 radical (unpaired) electrons. The molecule has 1 N–H and O–H groups in total. The van der Waals surface area contributed by atoms with E-state index in [0.29, 0.717) is 12.0 Å². The minimum atomic E-state index is -0.123. The highest BCUT2D eigenvalue weighted by Crippen LogP contribution is 2.37. The average molecular weight is 292 g/mol. The van der Waals surface area contributed by atoms with E-state index in [-0.39, 0.29) is 11.8 Å². The molecule has 0 aliphatic carbocycles. The van der Waals surface area contributed by atoms with Crippen molar-refractivity contribution in [1.29, 1.82) is 0 Å². The Balaban J connectivity index is 1.68. The molecule has 2 heterocycles. The lowest BCUT2D eigenvalue weighted by atomic mass is 9.96. The summed E-state index contributed by atoms with van der Waals surface area (Å²) in [4.78, 5) is 26.4. The van der Waals surface area contributed by atoms with Crippen molar-refractivity contribution >= 4 is 23.2 Å². The molecular formula is C18H16N2O2. The van der Waals surface area contributed by atoms with Crippen LogP contribution in [0.25, 0.3) is 0 Å². The summed E-state index contributed by atoms with van der Waals surface area (Å²) in [5.74, 6) is 0.0262. The van der Waals surface area contributed by atoms with Gasteiger partial charge in [0.05, 0.1) is 12.1 Å². The fourth-order valence-corrected chi connectivity index (χ4v) is 3.34. The van der Waals surface area contributed by atoms with Crippen LogP contribution >= 0.6 is 0 Å². The Hall–Kier alpha value is -2.62. The van der Waals surface area contributed by atoms with Crippen molar-refractivity contribution in [2.45, 2.75) is 19.3 Å². The maximum atomic E-state index is 12.5. The lowest BCUT2D eigenvalue weighted by molar-refractivity contribution is -0.117. The number of aryl methyl sites for hydroxylation is 1. The lowest BCUT2D eigenvalue weighted by Crippen LogP contribution is -2.31. The summed E-state index contributed by atoms with van der Waals surface area (Å²) in [5, 5.41) is 2.90. The molecule has 0 saturated heterocycles. The van der Waals surface area contributed by atoms with Crippen molar-refractivity contribution in [3.63, 3.8) is 0 Å². The molecule has 4 nitrogen and oxygen atoms in total. The third-order valence-electron chi connectivity index (χ3n) is 4.30. The molecule has 110 valence electrons. The van der Waals surface area contributed by atoms with E-state index < -0.39 is 0 Å². The van der Waals surface area contributed by atoms with Gasteiger partial charge in [-0.05, 0) is 48.2 Å². The second kappa shape index (κ2) is 4.98. The quantitative estimate of drug-likeness (QED) is 0.925. The van der Waals surface area contributed by atoms with Crippen LogP contribution in [0.15, 0.2) is 42.5 Å². The first-order valence-electron chi connectivity index (χ1n) is 7.55. The smallest absolute Gasteiger partial charge is 0.255 e. The number of benzene rings is 2. The zero-order valence-electron chi connectivity index (χ0n) is 12.1. The Bertz CT molecular complexity index is 768. The molecule has 0 unspecified atom stereocenters. The summed E-state index contributed by atoms with van der Waals surface area (Å²) < 4.78 is 0. The molecule has 22 heavy (non-hydrogen) atoms. The lowest BCUT2D eigenvalue weighted by Gasteiger charge is -2.25. The molecule has 2 aromatic carbocycles. The summed E-state index contributed by atoms with van der Waals surface area (Å²) in [5.41, 5.74) is 4.56. The van der Waals surface area contributed by atoms with Crippen molar-refractivity contribution in [2.75, 3.05) is 16.8 Å². The van der Waals surface area contributed by atoms with Gasteiger partial charge in [-0.2, -0.15) is 0 Å². The number of nitrogens with one attached hydrogen (secondary N) is 1. The summed E-state index contributed by atoms with van der Waals surface area (Å²) >= 11 is 0. The first-order chi connectivity index (χ1) is 10.7. The molecule has 0 spiro atoms. The van der Waals surface area contributed by atoms with E-state index in [2.05, 4.69) is 5.32 Å². The molecule has 4 rings (SSSR count). The van der Waals surface area contributed by atoms with Crippen LogP contribution < -0.4 is 10.2 Å². The van der Waals surface area contributed by atoms with E-state index in [1.807, 2.05) is 47.4 Å². The fourth-order valence-electron chi connectivity index (χ4n) is 3.34. The van der Waals surface area contributed by atoms with Crippen molar-refractivity contribution in [3.05, 3.63) is 59.2 Å². The third-order valence-corrected chi connectivity index (χ3v) is 4.30. The zero-order chi connectivity index (χ0) is 15.1. The molecule has 2 aliphatic rings. The Morgan fingerprint density at radius 3 is 2.68 bits per heavy atom. The van der Waals surface area contributed by atoms with Crippen LogP contribution in [-0.2, 0) is 17.6 Å². The molecule has 0 aromatic heterocycles. The van der Waals surface area contributed by atoms with Gasteiger partial charge in [-0.3, -0.25) is 9.59 Å². The standard InChI is InChI=1S/C18H16N2O2/c21-16-11-13-10-14(9-12-5-4-8-20(16)17(12)13)18(22)19-15-6-2-1-3-7-15/h1-3,6-7,9-10H,4-5,8,11H2,(H,19,22). The number of nitrogens with zero attached hydrogens (tertiary/aromatic N) is 1. The first-order valence-corrected chi connectivity index (χ1v) is 7.55. The molecule has 0 bridgehead atoms. The number of para-hydroxylation sites is 1. The highest BCUT2D eigenvalue weighted by Gasteiger charge is 2.32. The predicted molar refractivity (Wildman–Crippen MR) is 85.2 cm³/mol. The van der Waals surface area contributed by atoms with Crippen LogP contribution in [-0.4, -0.2) is 18.4 Å². The molecule has 0 atom stereocenters. The molecule has 0 saturated carbocycles. The molecule has 0 fully saturated rings. The van der Waals surface area contributed by atoms with Gasteiger partial charge in [-0.25, -0.2) is 0 Å². The van der Waals surface area contributed by atoms with Crippen LogP contribution in [0.2, 0.25) is 0 Å². The van der Waals surface area contributed by atoms with E-state index in [1.54, 1.807) is 0 Å². The van der Waals surface area contributed by atoms with Crippen LogP contribution in [0.1, 0.15) is 27.9 Å². The number of carbonyl (C=O) groups is 2. The number of hydrogen-bond acceptors (Lipinski definition) is 2. The van der Waals surface area contributed by atoms with E-state index in [1.165, 1.54) is 0 Å². The van der Waals surface area contributed by atoms with E-state index in [0.717, 1.165) is 41.9 Å². The van der Waals surface area contributed by atoms with Gasteiger partial charge in [0.25, 0.3) is 5.91 Å². The summed E-state index contributed by atoms with van der Waals surface area (Å²) in [7, 11) is 0. The van der Waals surface area contributed by atoms with Gasteiger partial charge < -0.3 is 10.2 Å². The molecule has 2 aromatic rings. The monoisotopic (exact) mass is 292 g/mol. The summed E-state index contributed by atoms with van der Waals surface area (Å²) in [6, 6.07) is 13.2. The minimum absolute atomic E-state index is 0.123. The third kappa shape index (κ3) is 2.08. The van der Waals surface area contributed by atoms with Crippen molar-refractivity contribution in [3.8, 4) is 0 Å².